The zero-order chi connectivity index (χ0) is 20.8. The lowest BCUT2D eigenvalue weighted by Gasteiger charge is -2.12. The lowest BCUT2D eigenvalue weighted by Crippen LogP contribution is -2.36. The smallest absolute Gasteiger partial charge is 0.335 e. The third kappa shape index (κ3) is 5.20. The summed E-state index contributed by atoms with van der Waals surface area (Å²) in [4.78, 5) is 48.8. The molecule has 0 bridgehead atoms. The van der Waals surface area contributed by atoms with E-state index >= 15 is 0 Å². The summed E-state index contributed by atoms with van der Waals surface area (Å²) in [6.07, 6.45) is 5.01. The normalized spacial score (nSPS) is 15.3. The van der Waals surface area contributed by atoms with Crippen LogP contribution in [0.4, 0.5) is 10.5 Å². The second kappa shape index (κ2) is 9.03. The predicted molar refractivity (Wildman–Crippen MR) is 110 cm³/mol. The first-order chi connectivity index (χ1) is 13.9. The zero-order valence-electron chi connectivity index (χ0n) is 15.1. The first kappa shape index (κ1) is 20.1. The number of allylic oxidation sites excluding steroid dienone is 2. The van der Waals surface area contributed by atoms with Gasteiger partial charge < -0.3 is 10.4 Å². The van der Waals surface area contributed by atoms with Crippen molar-refractivity contribution >= 4 is 46.5 Å². The number of carbonyl (C=O) groups excluding carboxylic acids is 3. The van der Waals surface area contributed by atoms with Crippen LogP contribution in [0.25, 0.3) is 6.08 Å². The summed E-state index contributed by atoms with van der Waals surface area (Å²) in [5, 5.41) is 10.9. The van der Waals surface area contributed by atoms with Crippen molar-refractivity contribution < 1.29 is 24.3 Å². The number of carboxylic acid groups (broad SMARTS) is 1. The van der Waals surface area contributed by atoms with Crippen LogP contribution < -0.4 is 5.32 Å². The Bertz CT molecular complexity index is 1030. The number of anilines is 1. The third-order valence-electron chi connectivity index (χ3n) is 3.90. The van der Waals surface area contributed by atoms with E-state index in [2.05, 4.69) is 5.32 Å². The molecule has 2 aromatic carbocycles. The van der Waals surface area contributed by atoms with E-state index in [-0.39, 0.29) is 16.2 Å². The maximum atomic E-state index is 12.4. The molecule has 1 saturated heterocycles. The molecule has 0 saturated carbocycles. The predicted octanol–water partition coefficient (Wildman–Crippen LogP) is 3.62. The number of carbonyl (C=O) groups is 4. The summed E-state index contributed by atoms with van der Waals surface area (Å²) in [6, 6.07) is 15.2. The molecule has 0 aromatic heterocycles. The molecule has 0 radical (unpaired) electrons. The van der Waals surface area contributed by atoms with Gasteiger partial charge in [0.2, 0.25) is 5.91 Å². The fourth-order valence-electron chi connectivity index (χ4n) is 2.54. The SMILES string of the molecule is O=C(CN1C(=O)S/C(=C\C=C\c2ccccc2)C1=O)Nc1cccc(C(=O)O)c1. The molecule has 1 fully saturated rings. The Morgan fingerprint density at radius 1 is 1.07 bits per heavy atom. The average Bonchev–Trinajstić information content (AvgIpc) is 2.96. The molecule has 146 valence electrons. The summed E-state index contributed by atoms with van der Waals surface area (Å²) in [5.41, 5.74) is 1.23. The molecule has 29 heavy (non-hydrogen) atoms. The molecule has 3 amide bonds. The number of carboxylic acids is 1. The Balaban J connectivity index is 1.63. The molecule has 0 unspecified atom stereocenters. The van der Waals surface area contributed by atoms with Crippen molar-refractivity contribution in [3.8, 4) is 0 Å². The molecule has 0 aliphatic carbocycles. The van der Waals surface area contributed by atoms with Gasteiger partial charge >= 0.3 is 5.97 Å². The topological polar surface area (TPSA) is 104 Å². The van der Waals surface area contributed by atoms with Crippen LogP contribution in [0.15, 0.2) is 71.7 Å². The number of hydrogen-bond donors (Lipinski definition) is 2. The summed E-state index contributed by atoms with van der Waals surface area (Å²) in [5.74, 6) is -2.27. The van der Waals surface area contributed by atoms with Gasteiger partial charge in [0.15, 0.2) is 0 Å². The summed E-state index contributed by atoms with van der Waals surface area (Å²) >= 11 is 0.761. The van der Waals surface area contributed by atoms with E-state index in [1.54, 1.807) is 12.2 Å². The van der Waals surface area contributed by atoms with E-state index in [0.717, 1.165) is 22.2 Å². The van der Waals surface area contributed by atoms with Gasteiger partial charge in [0.25, 0.3) is 11.1 Å². The fourth-order valence-corrected chi connectivity index (χ4v) is 3.33. The average molecular weight is 408 g/mol. The lowest BCUT2D eigenvalue weighted by atomic mass is 10.2. The maximum Gasteiger partial charge on any atom is 0.335 e. The minimum atomic E-state index is -1.12. The number of amides is 3. The van der Waals surface area contributed by atoms with Gasteiger partial charge in [0.1, 0.15) is 6.54 Å². The van der Waals surface area contributed by atoms with E-state index in [1.165, 1.54) is 30.3 Å². The summed E-state index contributed by atoms with van der Waals surface area (Å²) in [7, 11) is 0. The van der Waals surface area contributed by atoms with Crippen LogP contribution in [0.2, 0.25) is 0 Å². The van der Waals surface area contributed by atoms with Crippen molar-refractivity contribution in [3.63, 3.8) is 0 Å². The van der Waals surface area contributed by atoms with Gasteiger partial charge in [-0.3, -0.25) is 19.3 Å². The minimum absolute atomic E-state index is 0.0158. The van der Waals surface area contributed by atoms with Gasteiger partial charge in [0.05, 0.1) is 10.5 Å². The van der Waals surface area contributed by atoms with Gasteiger partial charge in [0, 0.05) is 5.69 Å². The number of nitrogens with zero attached hydrogens (tertiary/aromatic N) is 1. The van der Waals surface area contributed by atoms with Crippen LogP contribution in [0.1, 0.15) is 15.9 Å². The van der Waals surface area contributed by atoms with Crippen LogP contribution in [0, 0.1) is 0 Å². The van der Waals surface area contributed by atoms with E-state index < -0.39 is 29.6 Å². The van der Waals surface area contributed by atoms with Gasteiger partial charge in [-0.05, 0) is 41.6 Å². The highest BCUT2D eigenvalue weighted by Gasteiger charge is 2.35. The number of nitrogens with one attached hydrogen (secondary N) is 1. The quantitative estimate of drug-likeness (QED) is 0.708. The monoisotopic (exact) mass is 408 g/mol. The van der Waals surface area contributed by atoms with Crippen LogP contribution in [0.5, 0.6) is 0 Å². The zero-order valence-corrected chi connectivity index (χ0v) is 15.9. The molecule has 0 atom stereocenters. The number of thioether (sulfide) groups is 1. The van der Waals surface area contributed by atoms with Crippen molar-refractivity contribution in [2.24, 2.45) is 0 Å². The Labute approximate surface area is 170 Å². The molecule has 0 spiro atoms. The summed E-state index contributed by atoms with van der Waals surface area (Å²) < 4.78 is 0. The van der Waals surface area contributed by atoms with Crippen molar-refractivity contribution in [1.29, 1.82) is 0 Å². The minimum Gasteiger partial charge on any atom is -0.478 e. The molecule has 7 nitrogen and oxygen atoms in total. The molecule has 1 heterocycles. The molecular formula is C21H16N2O5S. The Morgan fingerprint density at radius 3 is 2.55 bits per heavy atom. The molecule has 3 rings (SSSR count). The van der Waals surface area contributed by atoms with Crippen molar-refractivity contribution in [2.75, 3.05) is 11.9 Å². The molecular weight excluding hydrogens is 392 g/mol. The van der Waals surface area contributed by atoms with Crippen LogP contribution in [-0.2, 0) is 9.59 Å². The van der Waals surface area contributed by atoms with Gasteiger partial charge in [-0.15, -0.1) is 0 Å². The molecule has 1 aliphatic rings. The number of hydrogen-bond acceptors (Lipinski definition) is 5. The Morgan fingerprint density at radius 2 is 1.83 bits per heavy atom. The number of rotatable bonds is 6. The number of aromatic carboxylic acids is 1. The highest BCUT2D eigenvalue weighted by atomic mass is 32.2. The van der Waals surface area contributed by atoms with Crippen LogP contribution in [0.3, 0.4) is 0 Å². The van der Waals surface area contributed by atoms with Crippen molar-refractivity contribution in [2.45, 2.75) is 0 Å². The lowest BCUT2D eigenvalue weighted by molar-refractivity contribution is -0.127. The fraction of sp³-hybridized carbons (Fsp3) is 0.0476. The van der Waals surface area contributed by atoms with E-state index in [0.29, 0.717) is 0 Å². The van der Waals surface area contributed by atoms with Gasteiger partial charge in [-0.25, -0.2) is 4.79 Å². The first-order valence-corrected chi connectivity index (χ1v) is 9.36. The summed E-state index contributed by atoms with van der Waals surface area (Å²) in [6.45, 7) is -0.457. The highest BCUT2D eigenvalue weighted by molar-refractivity contribution is 8.18. The largest absolute Gasteiger partial charge is 0.478 e. The third-order valence-corrected chi connectivity index (χ3v) is 4.83. The molecule has 2 N–H and O–H groups in total. The van der Waals surface area contributed by atoms with Crippen LogP contribution >= 0.6 is 11.8 Å². The van der Waals surface area contributed by atoms with E-state index in [1.807, 2.05) is 30.3 Å². The molecule has 8 heteroatoms. The Kier molecular flexibility index (Phi) is 6.25. The second-order valence-corrected chi connectivity index (χ2v) is 6.99. The highest BCUT2D eigenvalue weighted by Crippen LogP contribution is 2.30. The van der Waals surface area contributed by atoms with E-state index in [9.17, 15) is 19.2 Å². The van der Waals surface area contributed by atoms with Gasteiger partial charge in [-0.2, -0.15) is 0 Å². The van der Waals surface area contributed by atoms with Crippen molar-refractivity contribution in [3.05, 3.63) is 82.8 Å². The van der Waals surface area contributed by atoms with Crippen molar-refractivity contribution in [1.82, 2.24) is 4.90 Å². The maximum absolute atomic E-state index is 12.4. The van der Waals surface area contributed by atoms with E-state index in [4.69, 9.17) is 5.11 Å². The van der Waals surface area contributed by atoms with Crippen LogP contribution in [-0.4, -0.2) is 39.6 Å². The number of imide groups is 1. The van der Waals surface area contributed by atoms with Gasteiger partial charge in [-0.1, -0.05) is 48.6 Å². The second-order valence-electron chi connectivity index (χ2n) is 5.99. The Hall–Kier alpha value is -3.65. The standard InChI is InChI=1S/C21H16N2O5S/c24-18(22-16-10-5-9-15(12-16)20(26)27)13-23-19(25)17(29-21(23)28)11-4-8-14-6-2-1-3-7-14/h1-12H,13H2,(H,22,24)(H,26,27)/b8-4+,17-11-. The first-order valence-electron chi connectivity index (χ1n) is 8.54. The number of benzene rings is 2. The molecule has 2 aromatic rings. The molecule has 1 aliphatic heterocycles.